The number of hydrogen-bond acceptors (Lipinski definition) is 0. The molecule has 1 nitrogen and oxygen atoms in total. The van der Waals surface area contributed by atoms with Gasteiger partial charge in [-0.2, -0.15) is 0 Å². The normalized spacial score (nSPS) is 14.8. The maximum Gasteiger partial charge on any atom is 0.0468 e. The first-order chi connectivity index (χ1) is 12.6. The van der Waals surface area contributed by atoms with E-state index in [1.165, 1.54) is 54.8 Å². The second kappa shape index (κ2) is 4.56. The van der Waals surface area contributed by atoms with E-state index in [4.69, 9.17) is 0 Å². The van der Waals surface area contributed by atoms with Crippen LogP contribution in [0.5, 0.6) is 0 Å². The van der Waals surface area contributed by atoms with Gasteiger partial charge in [0.1, 0.15) is 0 Å². The molecule has 1 aliphatic rings. The largest absolute Gasteiger partial charge is 0.355 e. The Morgan fingerprint density at radius 1 is 0.654 bits per heavy atom. The molecule has 1 heteroatoms. The van der Waals surface area contributed by atoms with Gasteiger partial charge in [0.05, 0.1) is 0 Å². The standard InChI is InChI=1S/C25H19N/c1-25(2)21-14-23-20(17-9-5-6-10-22(17)26-23)13-19(21)18-12-11-15-7-3-4-8-16(15)24(18)25/h3-14,26H,1-2H3. The zero-order valence-electron chi connectivity index (χ0n) is 14.9. The Bertz CT molecular complexity index is 1350. The van der Waals surface area contributed by atoms with Gasteiger partial charge in [0.25, 0.3) is 0 Å². The molecule has 5 aromatic rings. The number of H-pyrrole nitrogens is 1. The lowest BCUT2D eigenvalue weighted by Gasteiger charge is -2.23. The van der Waals surface area contributed by atoms with Crippen LogP contribution >= 0.6 is 0 Å². The van der Waals surface area contributed by atoms with E-state index in [1.807, 2.05) is 0 Å². The topological polar surface area (TPSA) is 15.8 Å². The predicted molar refractivity (Wildman–Crippen MR) is 111 cm³/mol. The van der Waals surface area contributed by atoms with E-state index in [1.54, 1.807) is 0 Å². The number of nitrogens with one attached hydrogen (secondary N) is 1. The first kappa shape index (κ1) is 14.1. The Morgan fingerprint density at radius 2 is 1.42 bits per heavy atom. The van der Waals surface area contributed by atoms with Crippen molar-refractivity contribution < 1.29 is 0 Å². The van der Waals surface area contributed by atoms with Crippen molar-refractivity contribution in [3.63, 3.8) is 0 Å². The maximum atomic E-state index is 3.61. The van der Waals surface area contributed by atoms with Gasteiger partial charge in [-0.15, -0.1) is 0 Å². The van der Waals surface area contributed by atoms with Gasteiger partial charge >= 0.3 is 0 Å². The summed E-state index contributed by atoms with van der Waals surface area (Å²) in [4.78, 5) is 3.61. The number of aromatic nitrogens is 1. The molecule has 26 heavy (non-hydrogen) atoms. The smallest absolute Gasteiger partial charge is 0.0468 e. The number of aromatic amines is 1. The summed E-state index contributed by atoms with van der Waals surface area (Å²) in [6.45, 7) is 4.72. The van der Waals surface area contributed by atoms with Crippen LogP contribution in [0.15, 0.2) is 72.8 Å². The van der Waals surface area contributed by atoms with Crippen LogP contribution in [-0.4, -0.2) is 4.98 Å². The summed E-state index contributed by atoms with van der Waals surface area (Å²) in [7, 11) is 0. The third-order valence-corrected chi connectivity index (χ3v) is 6.16. The average molecular weight is 333 g/mol. The van der Waals surface area contributed by atoms with Gasteiger partial charge in [-0.05, 0) is 51.2 Å². The van der Waals surface area contributed by atoms with Gasteiger partial charge in [-0.3, -0.25) is 0 Å². The molecule has 1 N–H and O–H groups in total. The minimum atomic E-state index is -0.00296. The first-order valence-electron chi connectivity index (χ1n) is 9.22. The minimum absolute atomic E-state index is 0.00296. The molecule has 6 rings (SSSR count). The fourth-order valence-electron chi connectivity index (χ4n) is 4.94. The Kier molecular flexibility index (Phi) is 2.48. The molecule has 0 fully saturated rings. The minimum Gasteiger partial charge on any atom is -0.355 e. The summed E-state index contributed by atoms with van der Waals surface area (Å²) < 4.78 is 0. The van der Waals surface area contributed by atoms with Crippen LogP contribution in [0, 0.1) is 0 Å². The highest BCUT2D eigenvalue weighted by Crippen LogP contribution is 2.52. The fraction of sp³-hybridized carbons (Fsp3) is 0.120. The molecule has 0 aliphatic heterocycles. The first-order valence-corrected chi connectivity index (χ1v) is 9.22. The molecule has 124 valence electrons. The molecule has 4 aromatic carbocycles. The molecular weight excluding hydrogens is 314 g/mol. The summed E-state index contributed by atoms with van der Waals surface area (Å²) in [6.07, 6.45) is 0. The van der Waals surface area contributed by atoms with Crippen LogP contribution in [0.25, 0.3) is 43.7 Å². The van der Waals surface area contributed by atoms with Crippen molar-refractivity contribution in [2.45, 2.75) is 19.3 Å². The van der Waals surface area contributed by atoms with Gasteiger partial charge in [0.15, 0.2) is 0 Å². The van der Waals surface area contributed by atoms with Crippen molar-refractivity contribution in [1.29, 1.82) is 0 Å². The Labute approximate surface area is 152 Å². The van der Waals surface area contributed by atoms with Gasteiger partial charge in [-0.25, -0.2) is 0 Å². The third-order valence-electron chi connectivity index (χ3n) is 6.16. The van der Waals surface area contributed by atoms with Crippen molar-refractivity contribution in [3.05, 3.63) is 83.9 Å². The van der Waals surface area contributed by atoms with Crippen LogP contribution < -0.4 is 0 Å². The van der Waals surface area contributed by atoms with Crippen molar-refractivity contribution >= 4 is 32.6 Å². The molecule has 0 saturated carbocycles. The summed E-state index contributed by atoms with van der Waals surface area (Å²) in [6, 6.07) is 26.7. The molecule has 0 spiro atoms. The van der Waals surface area contributed by atoms with E-state index >= 15 is 0 Å². The zero-order chi connectivity index (χ0) is 17.5. The molecule has 1 aliphatic carbocycles. The lowest BCUT2D eigenvalue weighted by molar-refractivity contribution is 0.667. The summed E-state index contributed by atoms with van der Waals surface area (Å²) in [5.74, 6) is 0. The van der Waals surface area contributed by atoms with Gasteiger partial charge in [0, 0.05) is 27.2 Å². The van der Waals surface area contributed by atoms with Crippen molar-refractivity contribution in [2.24, 2.45) is 0 Å². The lowest BCUT2D eigenvalue weighted by atomic mass is 9.80. The van der Waals surface area contributed by atoms with Crippen LogP contribution in [0.3, 0.4) is 0 Å². The Hall–Kier alpha value is -3.06. The zero-order valence-corrected chi connectivity index (χ0v) is 14.9. The van der Waals surface area contributed by atoms with E-state index in [0.717, 1.165) is 0 Å². The van der Waals surface area contributed by atoms with Crippen LogP contribution in [0.1, 0.15) is 25.0 Å². The molecule has 0 unspecified atom stereocenters. The van der Waals surface area contributed by atoms with Gasteiger partial charge in [-0.1, -0.05) is 68.4 Å². The number of fused-ring (bicyclic) bond motifs is 8. The molecule has 0 radical (unpaired) electrons. The molecule has 0 atom stereocenters. The van der Waals surface area contributed by atoms with Gasteiger partial charge in [0.2, 0.25) is 0 Å². The van der Waals surface area contributed by atoms with Crippen molar-refractivity contribution in [2.75, 3.05) is 0 Å². The van der Waals surface area contributed by atoms with Crippen molar-refractivity contribution in [3.8, 4) is 11.1 Å². The van der Waals surface area contributed by atoms with Crippen LogP contribution in [0.4, 0.5) is 0 Å². The highest BCUT2D eigenvalue weighted by Gasteiger charge is 2.37. The maximum absolute atomic E-state index is 3.61. The van der Waals surface area contributed by atoms with E-state index in [9.17, 15) is 0 Å². The number of benzene rings is 4. The second-order valence-electron chi connectivity index (χ2n) is 7.95. The third kappa shape index (κ3) is 1.61. The Balaban J connectivity index is 1.78. The summed E-state index contributed by atoms with van der Waals surface area (Å²) in [5.41, 5.74) is 8.09. The molecule has 0 bridgehead atoms. The number of rotatable bonds is 0. The molecule has 0 saturated heterocycles. The fourth-order valence-corrected chi connectivity index (χ4v) is 4.94. The average Bonchev–Trinajstić information content (AvgIpc) is 3.13. The van der Waals surface area contributed by atoms with Crippen LogP contribution in [0.2, 0.25) is 0 Å². The summed E-state index contributed by atoms with van der Waals surface area (Å²) in [5, 5.41) is 5.32. The van der Waals surface area contributed by atoms with Crippen molar-refractivity contribution in [1.82, 2.24) is 4.98 Å². The summed E-state index contributed by atoms with van der Waals surface area (Å²) >= 11 is 0. The quantitative estimate of drug-likeness (QED) is 0.321. The van der Waals surface area contributed by atoms with E-state index in [-0.39, 0.29) is 5.41 Å². The highest BCUT2D eigenvalue weighted by atomic mass is 14.7. The van der Waals surface area contributed by atoms with Crippen LogP contribution in [-0.2, 0) is 5.41 Å². The highest BCUT2D eigenvalue weighted by molar-refractivity contribution is 6.10. The Morgan fingerprint density at radius 3 is 2.31 bits per heavy atom. The van der Waals surface area contributed by atoms with E-state index < -0.39 is 0 Å². The lowest BCUT2D eigenvalue weighted by Crippen LogP contribution is -2.15. The number of hydrogen-bond donors (Lipinski definition) is 1. The molecule has 1 heterocycles. The monoisotopic (exact) mass is 333 g/mol. The van der Waals surface area contributed by atoms with Gasteiger partial charge < -0.3 is 4.98 Å². The molecule has 0 amide bonds. The predicted octanol–water partition coefficient (Wildman–Crippen LogP) is 6.78. The molecule has 1 aromatic heterocycles. The van der Waals surface area contributed by atoms with E-state index in [2.05, 4.69) is 91.6 Å². The number of para-hydroxylation sites is 1. The second-order valence-corrected chi connectivity index (χ2v) is 7.95. The van der Waals surface area contributed by atoms with E-state index in [0.29, 0.717) is 0 Å². The molecular formula is C25H19N. The SMILES string of the molecule is CC1(C)c2cc3[nH]c4ccccc4c3cc2-c2ccc3ccccc3c21.